The van der Waals surface area contributed by atoms with Crippen molar-refractivity contribution in [1.82, 2.24) is 10.3 Å². The Labute approximate surface area is 262 Å². The minimum atomic E-state index is -1.20. The number of nitrogens with zero attached hydrogens (tertiary/aromatic N) is 2. The molecule has 14 heteroatoms. The number of carbonyl (C=O) groups is 3. The van der Waals surface area contributed by atoms with E-state index in [9.17, 15) is 29.3 Å². The summed E-state index contributed by atoms with van der Waals surface area (Å²) in [6.45, 7) is -1.02. The van der Waals surface area contributed by atoms with Crippen molar-refractivity contribution in [2.24, 2.45) is 0 Å². The van der Waals surface area contributed by atoms with Crippen molar-refractivity contribution in [3.63, 3.8) is 0 Å². The highest BCUT2D eigenvalue weighted by molar-refractivity contribution is 7.98. The minimum absolute atomic E-state index is 0.191. The predicted molar refractivity (Wildman–Crippen MR) is 164 cm³/mol. The van der Waals surface area contributed by atoms with Crippen molar-refractivity contribution in [3.8, 4) is 28.4 Å². The molecule has 0 saturated heterocycles. The van der Waals surface area contributed by atoms with Gasteiger partial charge in [0.1, 0.15) is 6.61 Å². The maximum absolute atomic E-state index is 13.4. The first-order valence-electron chi connectivity index (χ1n) is 13.7. The lowest BCUT2D eigenvalue weighted by molar-refractivity contribution is -0.478. The standard InChI is InChI=1S/C31H31N3O10S/c1-41-25-13-17-6-9-22(21-14-24(36)26(45-4)10-8-20(21)27(17)29(43-3)28(25)42-2)33-30(37)18-5-7-19(32-15-18)16-44-31(38)23(35)11-12-34(39)40/h5,7-8,10,13-15,22H,6,9,11-12,16H2,1-4H3,(H,33,37)/t22-/m0/s1. The van der Waals surface area contributed by atoms with Gasteiger partial charge in [-0.15, -0.1) is 11.8 Å². The number of amides is 1. The Morgan fingerprint density at radius 3 is 2.44 bits per heavy atom. The molecule has 236 valence electrons. The van der Waals surface area contributed by atoms with Crippen LogP contribution in [0.4, 0.5) is 0 Å². The van der Waals surface area contributed by atoms with Crippen LogP contribution in [0.1, 0.15) is 46.1 Å². The number of hydrogen-bond donors (Lipinski definition) is 1. The molecule has 1 N–H and O–H groups in total. The number of carbonyl (C=O) groups excluding carboxylic acids is 3. The summed E-state index contributed by atoms with van der Waals surface area (Å²) in [5.41, 5.74) is 3.22. The van der Waals surface area contributed by atoms with Gasteiger partial charge in [0.25, 0.3) is 5.91 Å². The van der Waals surface area contributed by atoms with E-state index in [2.05, 4.69) is 10.3 Å². The number of methoxy groups -OCH3 is 3. The third kappa shape index (κ3) is 7.40. The van der Waals surface area contributed by atoms with Gasteiger partial charge >= 0.3 is 5.97 Å². The molecule has 0 fully saturated rings. The monoisotopic (exact) mass is 637 g/mol. The molecule has 0 bridgehead atoms. The van der Waals surface area contributed by atoms with E-state index in [0.717, 1.165) is 11.1 Å². The molecule has 0 aliphatic heterocycles. The average molecular weight is 638 g/mol. The largest absolute Gasteiger partial charge is 0.493 e. The van der Waals surface area contributed by atoms with Gasteiger partial charge in [0.15, 0.2) is 16.9 Å². The van der Waals surface area contributed by atoms with E-state index < -0.39 is 41.6 Å². The highest BCUT2D eigenvalue weighted by Crippen LogP contribution is 2.50. The molecule has 0 radical (unpaired) electrons. The summed E-state index contributed by atoms with van der Waals surface area (Å²) in [5, 5.41) is 13.4. The van der Waals surface area contributed by atoms with Crippen LogP contribution in [0.5, 0.6) is 17.2 Å². The molecule has 13 nitrogen and oxygen atoms in total. The molecule has 1 aliphatic carbocycles. The molecule has 1 aromatic heterocycles. The summed E-state index contributed by atoms with van der Waals surface area (Å²) < 4.78 is 21.9. The summed E-state index contributed by atoms with van der Waals surface area (Å²) in [5.74, 6) is -1.31. The molecule has 1 aliphatic rings. The van der Waals surface area contributed by atoms with E-state index in [1.807, 2.05) is 18.4 Å². The zero-order chi connectivity index (χ0) is 32.7. The zero-order valence-corrected chi connectivity index (χ0v) is 25.9. The van der Waals surface area contributed by atoms with E-state index in [1.165, 1.54) is 51.4 Å². The Kier molecular flexibility index (Phi) is 10.7. The van der Waals surface area contributed by atoms with Gasteiger partial charge in [-0.2, -0.15) is 0 Å². The predicted octanol–water partition coefficient (Wildman–Crippen LogP) is 3.55. The normalized spacial score (nSPS) is 13.4. The number of thioether (sulfide) groups is 1. The maximum atomic E-state index is 13.4. The molecule has 0 saturated carbocycles. The van der Waals surface area contributed by atoms with Crippen molar-refractivity contribution in [1.29, 1.82) is 0 Å². The lowest BCUT2D eigenvalue weighted by Crippen LogP contribution is -2.29. The molecular weight excluding hydrogens is 606 g/mol. The van der Waals surface area contributed by atoms with Crippen LogP contribution in [0.15, 0.2) is 52.3 Å². The van der Waals surface area contributed by atoms with Crippen LogP contribution in [-0.4, -0.2) is 61.7 Å². The van der Waals surface area contributed by atoms with Crippen molar-refractivity contribution < 1.29 is 38.3 Å². The highest BCUT2D eigenvalue weighted by Gasteiger charge is 2.30. The minimum Gasteiger partial charge on any atom is -0.493 e. The number of nitro groups is 1. The van der Waals surface area contributed by atoms with E-state index in [4.69, 9.17) is 18.9 Å². The zero-order valence-electron chi connectivity index (χ0n) is 25.0. The number of hydrogen-bond acceptors (Lipinski definition) is 12. The van der Waals surface area contributed by atoms with Crippen molar-refractivity contribution in [2.45, 2.75) is 36.8 Å². The molecule has 0 spiro atoms. The first-order chi connectivity index (χ1) is 21.6. The van der Waals surface area contributed by atoms with Gasteiger partial charge in [-0.05, 0) is 66.1 Å². The fourth-order valence-electron chi connectivity index (χ4n) is 5.02. The topological polar surface area (TPSA) is 173 Å². The highest BCUT2D eigenvalue weighted by atomic mass is 32.2. The maximum Gasteiger partial charge on any atom is 0.375 e. The Morgan fingerprint density at radius 1 is 1.07 bits per heavy atom. The molecule has 1 heterocycles. The number of fused-ring (bicyclic) bond motifs is 3. The Hall–Kier alpha value is -4.98. The van der Waals surface area contributed by atoms with Crippen LogP contribution in [0, 0.1) is 10.1 Å². The van der Waals surface area contributed by atoms with Crippen LogP contribution in [0.25, 0.3) is 11.1 Å². The van der Waals surface area contributed by atoms with Crippen LogP contribution >= 0.6 is 11.8 Å². The second kappa shape index (κ2) is 14.7. The molecule has 0 unspecified atom stereocenters. The van der Waals surface area contributed by atoms with Gasteiger partial charge in [0.2, 0.25) is 18.1 Å². The van der Waals surface area contributed by atoms with Crippen molar-refractivity contribution in [2.75, 3.05) is 34.1 Å². The fourth-order valence-corrected chi connectivity index (χ4v) is 5.48. The van der Waals surface area contributed by atoms with Crippen LogP contribution < -0.4 is 25.0 Å². The van der Waals surface area contributed by atoms with Crippen LogP contribution in [0.3, 0.4) is 0 Å². The van der Waals surface area contributed by atoms with E-state index in [-0.39, 0.29) is 23.3 Å². The van der Waals surface area contributed by atoms with E-state index in [0.29, 0.717) is 46.1 Å². The number of esters is 1. The number of aryl methyl sites for hydroxylation is 1. The smallest absolute Gasteiger partial charge is 0.375 e. The third-order valence-electron chi connectivity index (χ3n) is 7.21. The lowest BCUT2D eigenvalue weighted by atomic mass is 9.95. The molecule has 1 amide bonds. The Balaban J connectivity index is 1.62. The fraction of sp³-hybridized carbons (Fsp3) is 0.323. The molecule has 45 heavy (non-hydrogen) atoms. The number of Topliss-reactive ketones (excluding diaryl/α,β-unsaturated/α-hetero) is 1. The Morgan fingerprint density at radius 2 is 1.82 bits per heavy atom. The number of rotatable bonds is 12. The number of pyridine rings is 1. The summed E-state index contributed by atoms with van der Waals surface area (Å²) in [7, 11) is 4.58. The van der Waals surface area contributed by atoms with Crippen molar-refractivity contribution >= 4 is 29.4 Å². The van der Waals surface area contributed by atoms with Gasteiger partial charge in [-0.25, -0.2) is 4.79 Å². The average Bonchev–Trinajstić information content (AvgIpc) is 3.29. The van der Waals surface area contributed by atoms with E-state index >= 15 is 0 Å². The number of benzene rings is 1. The molecule has 3 aromatic rings. The first kappa shape index (κ1) is 32.9. The quantitative estimate of drug-likeness (QED) is 0.101. The Bertz CT molecular complexity index is 1690. The molecular formula is C31H31N3O10S. The van der Waals surface area contributed by atoms with Crippen LogP contribution in [0.2, 0.25) is 0 Å². The lowest BCUT2D eigenvalue weighted by Gasteiger charge is -2.20. The number of ketones is 1. The SMILES string of the molecule is COc1cc2c(c(OC)c1OC)-c1ccc(SC)c(=O)cc1[C@@H](NC(=O)c1ccc(COC(=O)C(=O)CC[N+](=O)[O-])nc1)CC2. The second-order valence-electron chi connectivity index (χ2n) is 9.87. The van der Waals surface area contributed by atoms with Crippen LogP contribution in [-0.2, 0) is 27.4 Å². The molecule has 2 aromatic carbocycles. The summed E-state index contributed by atoms with van der Waals surface area (Å²) in [6, 6.07) is 9.39. The van der Waals surface area contributed by atoms with Gasteiger partial charge in [-0.3, -0.25) is 29.5 Å². The first-order valence-corrected chi connectivity index (χ1v) is 15.0. The summed E-state index contributed by atoms with van der Waals surface area (Å²) in [4.78, 5) is 64.5. The number of ether oxygens (including phenoxy) is 4. The second-order valence-corrected chi connectivity index (χ2v) is 10.7. The molecule has 1 atom stereocenters. The van der Waals surface area contributed by atoms with Crippen molar-refractivity contribution in [3.05, 3.63) is 85.3 Å². The third-order valence-corrected chi connectivity index (χ3v) is 7.99. The van der Waals surface area contributed by atoms with Gasteiger partial charge in [0.05, 0.1) is 49.9 Å². The summed E-state index contributed by atoms with van der Waals surface area (Å²) >= 11 is 1.32. The van der Waals surface area contributed by atoms with Gasteiger partial charge in [0, 0.05) is 16.7 Å². The number of aromatic nitrogens is 1. The van der Waals surface area contributed by atoms with Gasteiger partial charge in [-0.1, -0.05) is 6.07 Å². The van der Waals surface area contributed by atoms with E-state index in [1.54, 1.807) is 12.1 Å². The molecule has 4 rings (SSSR count). The van der Waals surface area contributed by atoms with Gasteiger partial charge < -0.3 is 24.3 Å². The number of nitrogens with one attached hydrogen (secondary N) is 1. The summed E-state index contributed by atoms with van der Waals surface area (Å²) in [6.07, 6.45) is 3.52.